The van der Waals surface area contributed by atoms with Crippen molar-refractivity contribution in [3.05, 3.63) is 41.7 Å². The quantitative estimate of drug-likeness (QED) is 0.443. The van der Waals surface area contributed by atoms with Crippen LogP contribution in [-0.2, 0) is 0 Å². The maximum absolute atomic E-state index is 8.04. The van der Waals surface area contributed by atoms with E-state index in [-0.39, 0.29) is 17.3 Å². The van der Waals surface area contributed by atoms with Gasteiger partial charge in [-0.2, -0.15) is 0 Å². The third kappa shape index (κ3) is 2.00. The summed E-state index contributed by atoms with van der Waals surface area (Å²) >= 11 is 0. The third-order valence-electron chi connectivity index (χ3n) is 2.36. The van der Waals surface area contributed by atoms with E-state index in [1.165, 1.54) is 6.33 Å². The van der Waals surface area contributed by atoms with Gasteiger partial charge in [-0.25, -0.2) is 9.97 Å². The number of aromatic nitrogens is 2. The van der Waals surface area contributed by atoms with Gasteiger partial charge in [0.05, 0.1) is 11.3 Å². The number of benzene rings is 1. The molecule has 0 amide bonds. The van der Waals surface area contributed by atoms with Crippen LogP contribution in [0, 0.1) is 5.41 Å². The fraction of sp³-hybridized carbons (Fsp3) is 0. The molecular formula is C11H12N6. The Bertz CT molecular complexity index is 540. The van der Waals surface area contributed by atoms with Crippen molar-refractivity contribution in [2.75, 3.05) is 17.2 Å². The molecule has 7 N–H and O–H groups in total. The molecule has 0 fully saturated rings. The molecule has 6 nitrogen and oxygen atoms in total. The molecule has 1 aromatic heterocycles. The van der Waals surface area contributed by atoms with E-state index in [0.29, 0.717) is 16.8 Å². The molecule has 86 valence electrons. The number of hydrogen-bond acceptors (Lipinski definition) is 6. The van der Waals surface area contributed by atoms with Gasteiger partial charge in [0.2, 0.25) is 0 Å². The SMILES string of the molecule is N=C(c1ccc(N)cc1)c1c(N)ncnc1N. The number of hydrogen-bond donors (Lipinski definition) is 4. The first-order valence-electron chi connectivity index (χ1n) is 4.90. The second-order valence-electron chi connectivity index (χ2n) is 3.52. The highest BCUT2D eigenvalue weighted by atomic mass is 15.0. The molecule has 0 aliphatic rings. The molecule has 0 bridgehead atoms. The summed E-state index contributed by atoms with van der Waals surface area (Å²) in [6, 6.07) is 6.87. The Balaban J connectivity index is 2.47. The van der Waals surface area contributed by atoms with Gasteiger partial charge in [0.15, 0.2) is 0 Å². The van der Waals surface area contributed by atoms with Crippen LogP contribution < -0.4 is 17.2 Å². The van der Waals surface area contributed by atoms with E-state index in [1.54, 1.807) is 24.3 Å². The molecule has 1 heterocycles. The first kappa shape index (κ1) is 10.9. The van der Waals surface area contributed by atoms with Gasteiger partial charge in [-0.1, -0.05) is 12.1 Å². The molecule has 0 atom stereocenters. The van der Waals surface area contributed by atoms with Crippen LogP contribution in [0.15, 0.2) is 30.6 Å². The van der Waals surface area contributed by atoms with E-state index in [4.69, 9.17) is 22.6 Å². The van der Waals surface area contributed by atoms with Crippen LogP contribution in [0.25, 0.3) is 0 Å². The minimum absolute atomic E-state index is 0.181. The number of nitrogen functional groups attached to an aromatic ring is 3. The van der Waals surface area contributed by atoms with Crippen molar-refractivity contribution in [1.82, 2.24) is 9.97 Å². The molecule has 0 unspecified atom stereocenters. The summed E-state index contributed by atoms with van der Waals surface area (Å²) in [6.45, 7) is 0. The van der Waals surface area contributed by atoms with Crippen molar-refractivity contribution >= 4 is 23.0 Å². The molecule has 1 aromatic carbocycles. The summed E-state index contributed by atoms with van der Waals surface area (Å²) in [5, 5.41) is 8.04. The number of rotatable bonds is 2. The van der Waals surface area contributed by atoms with E-state index < -0.39 is 0 Å². The lowest BCUT2D eigenvalue weighted by Crippen LogP contribution is -2.11. The summed E-state index contributed by atoms with van der Waals surface area (Å²) in [6.07, 6.45) is 1.27. The molecule has 17 heavy (non-hydrogen) atoms. The van der Waals surface area contributed by atoms with Gasteiger partial charge in [0, 0.05) is 11.3 Å². The van der Waals surface area contributed by atoms with Gasteiger partial charge in [-0.05, 0) is 12.1 Å². The van der Waals surface area contributed by atoms with Crippen molar-refractivity contribution < 1.29 is 0 Å². The van der Waals surface area contributed by atoms with E-state index in [1.807, 2.05) is 0 Å². The highest BCUT2D eigenvalue weighted by Gasteiger charge is 2.13. The molecule has 0 saturated carbocycles. The predicted molar refractivity (Wildman–Crippen MR) is 67.6 cm³/mol. The Hall–Kier alpha value is -2.63. The lowest BCUT2D eigenvalue weighted by Gasteiger charge is -2.08. The van der Waals surface area contributed by atoms with Crippen molar-refractivity contribution in [2.24, 2.45) is 0 Å². The van der Waals surface area contributed by atoms with Crippen LogP contribution in [0.4, 0.5) is 17.3 Å². The predicted octanol–water partition coefficient (Wildman–Crippen LogP) is 0.639. The lowest BCUT2D eigenvalue weighted by molar-refractivity contribution is 1.17. The van der Waals surface area contributed by atoms with Crippen LogP contribution in [0.5, 0.6) is 0 Å². The highest BCUT2D eigenvalue weighted by Crippen LogP contribution is 2.19. The van der Waals surface area contributed by atoms with Crippen LogP contribution in [0.2, 0.25) is 0 Å². The standard InChI is InChI=1S/C11H12N6/c12-7-3-1-6(2-4-7)9(13)8-10(14)16-5-17-11(8)15/h1-5,13H,12H2,(H4,14,15,16,17). The second-order valence-corrected chi connectivity index (χ2v) is 3.52. The Morgan fingerprint density at radius 3 is 2.00 bits per heavy atom. The molecule has 0 aliphatic carbocycles. The van der Waals surface area contributed by atoms with Crippen molar-refractivity contribution in [3.63, 3.8) is 0 Å². The lowest BCUT2D eigenvalue weighted by atomic mass is 10.0. The molecule has 0 saturated heterocycles. The molecule has 0 spiro atoms. The molecule has 2 rings (SSSR count). The summed E-state index contributed by atoms with van der Waals surface area (Å²) in [4.78, 5) is 7.65. The van der Waals surface area contributed by atoms with Gasteiger partial charge in [0.25, 0.3) is 0 Å². The van der Waals surface area contributed by atoms with Gasteiger partial charge < -0.3 is 17.2 Å². The Morgan fingerprint density at radius 1 is 0.941 bits per heavy atom. The average molecular weight is 228 g/mol. The minimum atomic E-state index is 0.181. The molecule has 6 heteroatoms. The zero-order valence-electron chi connectivity index (χ0n) is 9.01. The van der Waals surface area contributed by atoms with Crippen LogP contribution in [0.3, 0.4) is 0 Å². The van der Waals surface area contributed by atoms with Crippen molar-refractivity contribution in [3.8, 4) is 0 Å². The molecular weight excluding hydrogens is 216 g/mol. The van der Waals surface area contributed by atoms with Gasteiger partial charge in [-0.15, -0.1) is 0 Å². The number of anilines is 3. The zero-order chi connectivity index (χ0) is 12.4. The van der Waals surface area contributed by atoms with Gasteiger partial charge in [0.1, 0.15) is 18.0 Å². The number of nitrogens with zero attached hydrogens (tertiary/aromatic N) is 2. The normalized spacial score (nSPS) is 10.1. The summed E-state index contributed by atoms with van der Waals surface area (Å²) in [5.74, 6) is 0.388. The maximum atomic E-state index is 8.04. The fourth-order valence-corrected chi connectivity index (χ4v) is 1.46. The smallest absolute Gasteiger partial charge is 0.138 e. The first-order valence-corrected chi connectivity index (χ1v) is 4.90. The highest BCUT2D eigenvalue weighted by molar-refractivity contribution is 6.16. The Labute approximate surface area is 98.0 Å². The fourth-order valence-electron chi connectivity index (χ4n) is 1.46. The summed E-state index contributed by atoms with van der Waals surface area (Å²) in [5.41, 5.74) is 18.8. The third-order valence-corrected chi connectivity index (χ3v) is 2.36. The average Bonchev–Trinajstić information content (AvgIpc) is 2.29. The van der Waals surface area contributed by atoms with Crippen LogP contribution in [0.1, 0.15) is 11.1 Å². The largest absolute Gasteiger partial charge is 0.399 e. The molecule has 0 aliphatic heterocycles. The minimum Gasteiger partial charge on any atom is -0.399 e. The summed E-state index contributed by atoms with van der Waals surface area (Å²) in [7, 11) is 0. The summed E-state index contributed by atoms with van der Waals surface area (Å²) < 4.78 is 0. The first-order chi connectivity index (χ1) is 8.09. The van der Waals surface area contributed by atoms with E-state index in [2.05, 4.69) is 9.97 Å². The van der Waals surface area contributed by atoms with E-state index in [9.17, 15) is 0 Å². The number of nitrogens with one attached hydrogen (secondary N) is 1. The Kier molecular flexibility index (Phi) is 2.61. The van der Waals surface area contributed by atoms with Crippen LogP contribution in [-0.4, -0.2) is 15.7 Å². The maximum Gasteiger partial charge on any atom is 0.138 e. The molecule has 2 aromatic rings. The zero-order valence-corrected chi connectivity index (χ0v) is 9.01. The number of nitrogens with two attached hydrogens (primary N) is 3. The topological polar surface area (TPSA) is 128 Å². The van der Waals surface area contributed by atoms with E-state index >= 15 is 0 Å². The van der Waals surface area contributed by atoms with Crippen LogP contribution >= 0.6 is 0 Å². The van der Waals surface area contributed by atoms with Crippen molar-refractivity contribution in [2.45, 2.75) is 0 Å². The van der Waals surface area contributed by atoms with Gasteiger partial charge in [-0.3, -0.25) is 5.41 Å². The van der Waals surface area contributed by atoms with Crippen molar-refractivity contribution in [1.29, 1.82) is 5.41 Å². The van der Waals surface area contributed by atoms with Gasteiger partial charge >= 0.3 is 0 Å². The monoisotopic (exact) mass is 228 g/mol. The van der Waals surface area contributed by atoms with E-state index in [0.717, 1.165) is 0 Å². The second kappa shape index (κ2) is 4.09. The Morgan fingerprint density at radius 2 is 1.47 bits per heavy atom. The molecule has 0 radical (unpaired) electrons.